The highest BCUT2D eigenvalue weighted by Crippen LogP contribution is 2.27. The molecule has 3 rings (SSSR count). The lowest BCUT2D eigenvalue weighted by atomic mass is 10.0. The summed E-state index contributed by atoms with van der Waals surface area (Å²) in [5.74, 6) is -0.811. The molecule has 0 aliphatic heterocycles. The van der Waals surface area contributed by atoms with E-state index < -0.39 is 29.2 Å². The molecule has 0 saturated carbocycles. The van der Waals surface area contributed by atoms with Crippen LogP contribution in [0.1, 0.15) is 48.6 Å². The molecule has 2 amide bonds. The summed E-state index contributed by atoms with van der Waals surface area (Å²) in [7, 11) is 0. The van der Waals surface area contributed by atoms with Crippen LogP contribution in [0.4, 0.5) is 4.39 Å². The lowest BCUT2D eigenvalue weighted by molar-refractivity contribution is -0.127. The van der Waals surface area contributed by atoms with Gasteiger partial charge in [0.15, 0.2) is 5.69 Å². The van der Waals surface area contributed by atoms with E-state index in [4.69, 9.17) is 4.42 Å². The van der Waals surface area contributed by atoms with E-state index in [0.717, 1.165) is 11.5 Å². The Morgan fingerprint density at radius 3 is 2.52 bits per heavy atom. The summed E-state index contributed by atoms with van der Waals surface area (Å²) in [6.45, 7) is 5.56. The first-order chi connectivity index (χ1) is 13.7. The summed E-state index contributed by atoms with van der Waals surface area (Å²) < 4.78 is 22.6. The van der Waals surface area contributed by atoms with Gasteiger partial charge in [-0.3, -0.25) is 9.59 Å². The molecule has 3 aromatic rings. The molecule has 29 heavy (non-hydrogen) atoms. The van der Waals surface area contributed by atoms with Crippen molar-refractivity contribution in [2.45, 2.75) is 38.9 Å². The number of amides is 2. The highest BCUT2D eigenvalue weighted by molar-refractivity contribution is 7.03. The number of furan rings is 1. The molecule has 7 nitrogen and oxygen atoms in total. The number of carbonyl (C=O) groups is 2. The van der Waals surface area contributed by atoms with Crippen molar-refractivity contribution < 1.29 is 18.4 Å². The van der Waals surface area contributed by atoms with E-state index in [1.165, 1.54) is 40.8 Å². The second-order valence-electron chi connectivity index (χ2n) is 7.50. The maximum Gasteiger partial charge on any atom is 0.276 e. The SMILES string of the molecule is CC(C)(C)NC(=O)[C@H](c1ccc(F)cc1)N(Cc1ccco1)C(=O)c1csnn1. The minimum Gasteiger partial charge on any atom is -0.467 e. The Bertz CT molecular complexity index is 951. The van der Waals surface area contributed by atoms with Crippen molar-refractivity contribution in [3.63, 3.8) is 0 Å². The number of hydrogen-bond acceptors (Lipinski definition) is 6. The van der Waals surface area contributed by atoms with Gasteiger partial charge in [0.05, 0.1) is 12.8 Å². The van der Waals surface area contributed by atoms with Crippen molar-refractivity contribution in [1.82, 2.24) is 19.8 Å². The van der Waals surface area contributed by atoms with Crippen LogP contribution >= 0.6 is 11.5 Å². The quantitative estimate of drug-likeness (QED) is 0.664. The van der Waals surface area contributed by atoms with Crippen molar-refractivity contribution in [2.24, 2.45) is 0 Å². The number of halogens is 1. The molecule has 1 atom stereocenters. The van der Waals surface area contributed by atoms with Crippen LogP contribution in [-0.2, 0) is 11.3 Å². The molecule has 1 N–H and O–H groups in total. The zero-order valence-electron chi connectivity index (χ0n) is 16.3. The van der Waals surface area contributed by atoms with Gasteiger partial charge < -0.3 is 14.6 Å². The van der Waals surface area contributed by atoms with Crippen LogP contribution in [0.25, 0.3) is 0 Å². The van der Waals surface area contributed by atoms with Crippen LogP contribution in [0.3, 0.4) is 0 Å². The van der Waals surface area contributed by atoms with Crippen LogP contribution < -0.4 is 5.32 Å². The van der Waals surface area contributed by atoms with Gasteiger partial charge in [-0.1, -0.05) is 16.6 Å². The van der Waals surface area contributed by atoms with Crippen LogP contribution in [0.2, 0.25) is 0 Å². The minimum atomic E-state index is -1.02. The lowest BCUT2D eigenvalue weighted by Gasteiger charge is -2.32. The van der Waals surface area contributed by atoms with Gasteiger partial charge in [0.1, 0.15) is 17.6 Å². The van der Waals surface area contributed by atoms with E-state index in [-0.39, 0.29) is 12.2 Å². The number of aromatic nitrogens is 2. The topological polar surface area (TPSA) is 88.3 Å². The molecular weight excluding hydrogens is 395 g/mol. The van der Waals surface area contributed by atoms with Gasteiger partial charge in [0.25, 0.3) is 5.91 Å². The number of hydrogen-bond donors (Lipinski definition) is 1. The first kappa shape index (κ1) is 20.7. The van der Waals surface area contributed by atoms with Crippen molar-refractivity contribution in [1.29, 1.82) is 0 Å². The Morgan fingerprint density at radius 1 is 1.24 bits per heavy atom. The number of benzene rings is 1. The fourth-order valence-corrected chi connectivity index (χ4v) is 3.24. The molecule has 0 aliphatic carbocycles. The molecule has 0 radical (unpaired) electrons. The lowest BCUT2D eigenvalue weighted by Crippen LogP contribution is -2.49. The molecule has 2 aromatic heterocycles. The van der Waals surface area contributed by atoms with E-state index in [1.54, 1.807) is 12.1 Å². The summed E-state index contributed by atoms with van der Waals surface area (Å²) in [5.41, 5.74) is 0.0604. The third-order valence-corrected chi connectivity index (χ3v) is 4.49. The average Bonchev–Trinajstić information content (AvgIpc) is 3.34. The summed E-state index contributed by atoms with van der Waals surface area (Å²) in [4.78, 5) is 27.8. The maximum absolute atomic E-state index is 13.5. The molecular formula is C20H21FN4O3S. The normalized spacial score (nSPS) is 12.4. The summed E-state index contributed by atoms with van der Waals surface area (Å²) in [6, 6.07) is 7.88. The highest BCUT2D eigenvalue weighted by atomic mass is 32.1. The summed E-state index contributed by atoms with van der Waals surface area (Å²) in [6.07, 6.45) is 1.49. The monoisotopic (exact) mass is 416 g/mol. The molecule has 9 heteroatoms. The third kappa shape index (κ3) is 5.26. The molecule has 0 aliphatic rings. The number of carbonyl (C=O) groups excluding carboxylic acids is 2. The zero-order chi connectivity index (χ0) is 21.0. The van der Waals surface area contributed by atoms with E-state index in [0.29, 0.717) is 11.3 Å². The molecule has 0 spiro atoms. The smallest absolute Gasteiger partial charge is 0.276 e. The van der Waals surface area contributed by atoms with Gasteiger partial charge in [-0.25, -0.2) is 4.39 Å². The average molecular weight is 416 g/mol. The van der Waals surface area contributed by atoms with Gasteiger partial charge in [-0.05, 0) is 62.1 Å². The second-order valence-corrected chi connectivity index (χ2v) is 8.11. The van der Waals surface area contributed by atoms with Crippen LogP contribution in [0.15, 0.2) is 52.5 Å². The van der Waals surface area contributed by atoms with E-state index in [1.807, 2.05) is 20.8 Å². The highest BCUT2D eigenvalue weighted by Gasteiger charge is 2.35. The molecule has 2 heterocycles. The standard InChI is InChI=1S/C20H21FN4O3S/c1-20(2,3)22-18(26)17(13-6-8-14(21)9-7-13)25(11-15-5-4-10-28-15)19(27)16-12-29-24-23-16/h4-10,12,17H,11H2,1-3H3,(H,22,26)/t17-/m0/s1. The van der Waals surface area contributed by atoms with E-state index in [2.05, 4.69) is 14.9 Å². The number of rotatable bonds is 6. The third-order valence-electron chi connectivity index (χ3n) is 3.99. The zero-order valence-corrected chi connectivity index (χ0v) is 17.1. The van der Waals surface area contributed by atoms with Crippen molar-refractivity contribution >= 4 is 23.3 Å². The summed E-state index contributed by atoms with van der Waals surface area (Å²) in [5, 5.41) is 8.26. The number of nitrogens with one attached hydrogen (secondary N) is 1. The largest absolute Gasteiger partial charge is 0.467 e. The van der Waals surface area contributed by atoms with Gasteiger partial charge in [-0.15, -0.1) is 5.10 Å². The molecule has 0 saturated heterocycles. The van der Waals surface area contributed by atoms with Crippen molar-refractivity contribution in [3.8, 4) is 0 Å². The second kappa shape index (κ2) is 8.52. The Morgan fingerprint density at radius 2 is 1.97 bits per heavy atom. The van der Waals surface area contributed by atoms with Gasteiger partial charge in [-0.2, -0.15) is 0 Å². The minimum absolute atomic E-state index is 0.0307. The van der Waals surface area contributed by atoms with E-state index >= 15 is 0 Å². The fourth-order valence-electron chi connectivity index (χ4n) is 2.81. The van der Waals surface area contributed by atoms with Crippen molar-refractivity contribution in [2.75, 3.05) is 0 Å². The van der Waals surface area contributed by atoms with Crippen molar-refractivity contribution in [3.05, 3.63) is 70.9 Å². The Balaban J connectivity index is 2.06. The first-order valence-electron chi connectivity index (χ1n) is 8.92. The molecule has 1 aromatic carbocycles. The predicted octanol–water partition coefficient (Wildman–Crippen LogP) is 3.57. The maximum atomic E-state index is 13.5. The van der Waals surface area contributed by atoms with Gasteiger partial charge >= 0.3 is 0 Å². The van der Waals surface area contributed by atoms with E-state index in [9.17, 15) is 14.0 Å². The van der Waals surface area contributed by atoms with Crippen LogP contribution in [-0.4, -0.2) is 31.8 Å². The van der Waals surface area contributed by atoms with Crippen LogP contribution in [0, 0.1) is 5.82 Å². The number of nitrogens with zero attached hydrogens (tertiary/aromatic N) is 3. The fraction of sp³-hybridized carbons (Fsp3) is 0.300. The summed E-state index contributed by atoms with van der Waals surface area (Å²) >= 11 is 1.04. The molecule has 0 bridgehead atoms. The van der Waals surface area contributed by atoms with Crippen LogP contribution in [0.5, 0.6) is 0 Å². The molecule has 0 unspecified atom stereocenters. The molecule has 0 fully saturated rings. The van der Waals surface area contributed by atoms with Gasteiger partial charge in [0, 0.05) is 10.9 Å². The Kier molecular flexibility index (Phi) is 6.07. The predicted molar refractivity (Wildman–Crippen MR) is 106 cm³/mol. The molecule has 152 valence electrons. The van der Waals surface area contributed by atoms with Gasteiger partial charge in [0.2, 0.25) is 5.91 Å². The first-order valence-corrected chi connectivity index (χ1v) is 9.76. The Labute approximate surface area is 171 Å². The Hall–Kier alpha value is -3.07.